The van der Waals surface area contributed by atoms with E-state index in [0.29, 0.717) is 33.6 Å². The van der Waals surface area contributed by atoms with Crippen molar-refractivity contribution in [3.63, 3.8) is 0 Å². The zero-order chi connectivity index (χ0) is 29.1. The van der Waals surface area contributed by atoms with Crippen LogP contribution in [0, 0.1) is 0 Å². The van der Waals surface area contributed by atoms with Crippen molar-refractivity contribution >= 4 is 21.7 Å². The van der Waals surface area contributed by atoms with Gasteiger partial charge in [0.1, 0.15) is 23.0 Å². The molecule has 206 valence electrons. The number of ketones is 2. The number of benzene rings is 4. The van der Waals surface area contributed by atoms with Crippen LogP contribution in [0.4, 0.5) is 0 Å². The largest absolute Gasteiger partial charge is 0.506 e. The summed E-state index contributed by atoms with van der Waals surface area (Å²) >= 11 is 0. The molecule has 0 saturated heterocycles. The fraction of sp³-hybridized carbons (Fsp3) is 0.188. The lowest BCUT2D eigenvalue weighted by Gasteiger charge is -2.23. The first-order chi connectivity index (χ1) is 18.9. The molecule has 0 aliphatic rings. The highest BCUT2D eigenvalue weighted by atomic mass is 32.2. The molecule has 0 spiro atoms. The van der Waals surface area contributed by atoms with Crippen molar-refractivity contribution in [1.29, 1.82) is 0 Å². The Morgan fingerprint density at radius 1 is 0.750 bits per heavy atom. The van der Waals surface area contributed by atoms with Crippen LogP contribution in [0.3, 0.4) is 0 Å². The maximum atomic E-state index is 13.0. The van der Waals surface area contributed by atoms with E-state index in [0.717, 1.165) is 18.6 Å². The summed E-state index contributed by atoms with van der Waals surface area (Å²) in [7, 11) is -4.57. The highest BCUT2D eigenvalue weighted by Gasteiger charge is 2.19. The molecule has 4 aromatic carbocycles. The number of rotatable bonds is 10. The molecule has 0 aromatic heterocycles. The van der Waals surface area contributed by atoms with E-state index in [1.54, 1.807) is 48.5 Å². The Balaban J connectivity index is 1.40. The van der Waals surface area contributed by atoms with Gasteiger partial charge in [0.05, 0.1) is 0 Å². The second kappa shape index (κ2) is 11.5. The predicted octanol–water partition coefficient (Wildman–Crippen LogP) is 6.37. The maximum absolute atomic E-state index is 13.0. The zero-order valence-corrected chi connectivity index (χ0v) is 23.2. The van der Waals surface area contributed by atoms with Gasteiger partial charge in [-0.25, -0.2) is 0 Å². The fourth-order valence-electron chi connectivity index (χ4n) is 4.11. The summed E-state index contributed by atoms with van der Waals surface area (Å²) in [6, 6.07) is 24.4. The van der Waals surface area contributed by atoms with E-state index in [4.69, 9.17) is 4.74 Å². The second-order valence-corrected chi connectivity index (χ2v) is 11.5. The normalized spacial score (nSPS) is 11.7. The molecule has 7 nitrogen and oxygen atoms in total. The molecule has 0 aliphatic carbocycles. The standard InChI is InChI=1S/C32H30O7S/c1-4-32(2,3)26-14-10-24(11-15-26)30(34)22-6-8-23(9-7-22)31(35)25-12-16-27(17-13-25)39-20-21-5-18-28(33)29(19-21)40(36,37)38/h5-19,33H,4,20H2,1-3H3,(H,36,37,38). The van der Waals surface area contributed by atoms with Gasteiger partial charge in [0.2, 0.25) is 0 Å². The van der Waals surface area contributed by atoms with Crippen molar-refractivity contribution in [2.75, 3.05) is 0 Å². The Hall–Kier alpha value is -4.27. The lowest BCUT2D eigenvalue weighted by atomic mass is 9.82. The van der Waals surface area contributed by atoms with Gasteiger partial charge in [-0.1, -0.05) is 75.4 Å². The van der Waals surface area contributed by atoms with Gasteiger partial charge in [-0.2, -0.15) is 8.42 Å². The second-order valence-electron chi connectivity index (χ2n) is 10.1. The van der Waals surface area contributed by atoms with Crippen molar-refractivity contribution < 1.29 is 32.4 Å². The van der Waals surface area contributed by atoms with Gasteiger partial charge in [0.25, 0.3) is 10.1 Å². The first-order valence-electron chi connectivity index (χ1n) is 12.7. The Kier molecular flexibility index (Phi) is 8.23. The lowest BCUT2D eigenvalue weighted by Crippen LogP contribution is -2.15. The minimum atomic E-state index is -4.57. The van der Waals surface area contributed by atoms with Crippen molar-refractivity contribution in [2.45, 2.75) is 44.1 Å². The molecule has 0 aliphatic heterocycles. The number of hydrogen-bond acceptors (Lipinski definition) is 6. The highest BCUT2D eigenvalue weighted by molar-refractivity contribution is 7.86. The number of carbonyl (C=O) groups is 2. The van der Waals surface area contributed by atoms with Gasteiger partial charge in [-0.05, 0) is 59.4 Å². The summed E-state index contributed by atoms with van der Waals surface area (Å²) in [6.45, 7) is 6.45. The van der Waals surface area contributed by atoms with Crippen LogP contribution in [0.25, 0.3) is 0 Å². The number of ether oxygens (including phenoxy) is 1. The summed E-state index contributed by atoms with van der Waals surface area (Å²) in [5, 5.41) is 9.64. The molecule has 2 N–H and O–H groups in total. The average molecular weight is 559 g/mol. The third-order valence-electron chi connectivity index (χ3n) is 7.05. The molecule has 0 bridgehead atoms. The highest BCUT2D eigenvalue weighted by Crippen LogP contribution is 2.27. The smallest absolute Gasteiger partial charge is 0.298 e. The Labute approximate surface area is 233 Å². The van der Waals surface area contributed by atoms with Crippen LogP contribution in [-0.2, 0) is 22.1 Å². The van der Waals surface area contributed by atoms with E-state index in [1.165, 1.54) is 11.6 Å². The molecule has 4 aromatic rings. The Morgan fingerprint density at radius 2 is 1.20 bits per heavy atom. The third-order valence-corrected chi connectivity index (χ3v) is 7.93. The van der Waals surface area contributed by atoms with E-state index in [-0.39, 0.29) is 23.6 Å². The van der Waals surface area contributed by atoms with Crippen LogP contribution < -0.4 is 4.74 Å². The minimum absolute atomic E-state index is 0.0231. The molecular weight excluding hydrogens is 528 g/mol. The first-order valence-corrected chi connectivity index (χ1v) is 14.2. The molecule has 0 heterocycles. The molecule has 0 fully saturated rings. The zero-order valence-electron chi connectivity index (χ0n) is 22.4. The van der Waals surface area contributed by atoms with Gasteiger partial charge < -0.3 is 9.84 Å². The van der Waals surface area contributed by atoms with Crippen LogP contribution in [-0.4, -0.2) is 29.6 Å². The Morgan fingerprint density at radius 3 is 1.65 bits per heavy atom. The fourth-order valence-corrected chi connectivity index (χ4v) is 4.74. The minimum Gasteiger partial charge on any atom is -0.506 e. The van der Waals surface area contributed by atoms with Crippen molar-refractivity contribution in [1.82, 2.24) is 0 Å². The summed E-state index contributed by atoms with van der Waals surface area (Å²) in [6.07, 6.45) is 0.992. The Bertz CT molecular complexity index is 1640. The molecule has 4 rings (SSSR count). The van der Waals surface area contributed by atoms with Crippen molar-refractivity contribution in [3.8, 4) is 11.5 Å². The summed E-state index contributed by atoms with van der Waals surface area (Å²) < 4.78 is 37.6. The van der Waals surface area contributed by atoms with Crippen LogP contribution in [0.1, 0.15) is 70.2 Å². The lowest BCUT2D eigenvalue weighted by molar-refractivity contribution is 0.102. The monoisotopic (exact) mass is 558 g/mol. The maximum Gasteiger partial charge on any atom is 0.298 e. The molecule has 0 unspecified atom stereocenters. The van der Waals surface area contributed by atoms with E-state index in [2.05, 4.69) is 20.8 Å². The number of hydrogen-bond donors (Lipinski definition) is 2. The van der Waals surface area contributed by atoms with E-state index >= 15 is 0 Å². The van der Waals surface area contributed by atoms with Gasteiger partial charge in [0, 0.05) is 22.3 Å². The molecule has 0 atom stereocenters. The van der Waals surface area contributed by atoms with Gasteiger partial charge in [0.15, 0.2) is 11.6 Å². The van der Waals surface area contributed by atoms with E-state index < -0.39 is 20.8 Å². The molecule has 40 heavy (non-hydrogen) atoms. The van der Waals surface area contributed by atoms with E-state index in [9.17, 15) is 27.7 Å². The summed E-state index contributed by atoms with van der Waals surface area (Å²) in [5.41, 5.74) is 3.58. The molecule has 0 radical (unpaired) electrons. The van der Waals surface area contributed by atoms with Crippen LogP contribution in [0.5, 0.6) is 11.5 Å². The first kappa shape index (κ1) is 28.7. The van der Waals surface area contributed by atoms with Crippen LogP contribution in [0.15, 0.2) is 95.9 Å². The molecule has 0 amide bonds. The van der Waals surface area contributed by atoms with Crippen molar-refractivity contribution in [2.24, 2.45) is 0 Å². The van der Waals surface area contributed by atoms with Crippen molar-refractivity contribution in [3.05, 3.63) is 124 Å². The summed E-state index contributed by atoms with van der Waals surface area (Å²) in [4.78, 5) is 25.3. The third kappa shape index (κ3) is 6.47. The SMILES string of the molecule is CCC(C)(C)c1ccc(C(=O)c2ccc(C(=O)c3ccc(OCc4ccc(O)c(S(=O)(=O)O)c4)cc3)cc2)cc1. The predicted molar refractivity (Wildman–Crippen MR) is 152 cm³/mol. The number of carbonyl (C=O) groups excluding carboxylic acids is 2. The van der Waals surface area contributed by atoms with Gasteiger partial charge in [-0.3, -0.25) is 14.1 Å². The molecule has 0 saturated carbocycles. The summed E-state index contributed by atoms with van der Waals surface area (Å²) in [5.74, 6) is -0.448. The number of phenols is 1. The molecule has 8 heteroatoms. The van der Waals surface area contributed by atoms with Crippen LogP contribution in [0.2, 0.25) is 0 Å². The number of phenolic OH excluding ortho intramolecular Hbond substituents is 1. The topological polar surface area (TPSA) is 118 Å². The quantitative estimate of drug-likeness (QED) is 0.172. The average Bonchev–Trinajstić information content (AvgIpc) is 2.96. The van der Waals surface area contributed by atoms with E-state index in [1.807, 2.05) is 24.3 Å². The van der Waals surface area contributed by atoms with Crippen LogP contribution >= 0.6 is 0 Å². The van der Waals surface area contributed by atoms with Gasteiger partial charge in [-0.15, -0.1) is 0 Å². The molecular formula is C32H30O7S. The number of aromatic hydroxyl groups is 1. The van der Waals surface area contributed by atoms with Gasteiger partial charge >= 0.3 is 0 Å².